The molecule has 0 bridgehead atoms. The van der Waals surface area contributed by atoms with E-state index in [0.29, 0.717) is 13.2 Å². The van der Waals surface area contributed by atoms with Crippen LogP contribution in [0.5, 0.6) is 11.5 Å². The maximum Gasteiger partial charge on any atom is 0.161 e. The predicted octanol–water partition coefficient (Wildman–Crippen LogP) is 2.17. The number of ether oxygens (including phenoxy) is 3. The van der Waals surface area contributed by atoms with Gasteiger partial charge in [-0.3, -0.25) is 0 Å². The van der Waals surface area contributed by atoms with E-state index in [9.17, 15) is 0 Å². The van der Waals surface area contributed by atoms with Crippen LogP contribution in [-0.4, -0.2) is 27.4 Å². The van der Waals surface area contributed by atoms with Crippen LogP contribution in [0.25, 0.3) is 0 Å². The highest BCUT2D eigenvalue weighted by molar-refractivity contribution is 7.81. The van der Waals surface area contributed by atoms with E-state index in [4.69, 9.17) is 14.2 Å². The molecule has 0 saturated carbocycles. The van der Waals surface area contributed by atoms with Gasteiger partial charge in [0.25, 0.3) is 0 Å². The molecule has 1 saturated heterocycles. The van der Waals surface area contributed by atoms with E-state index in [0.717, 1.165) is 22.6 Å². The fourth-order valence-electron chi connectivity index (χ4n) is 1.93. The Labute approximate surface area is 101 Å². The maximum atomic E-state index is 5.30. The van der Waals surface area contributed by atoms with Gasteiger partial charge in [-0.2, -0.15) is 12.6 Å². The predicted molar refractivity (Wildman–Crippen MR) is 65.8 cm³/mol. The Morgan fingerprint density at radius 2 is 1.75 bits per heavy atom. The summed E-state index contributed by atoms with van der Waals surface area (Å²) in [5.41, 5.74) is 2.30. The fourth-order valence-corrected chi connectivity index (χ4v) is 2.36. The Balaban J connectivity index is 2.46. The Hall–Kier alpha value is -0.870. The lowest BCUT2D eigenvalue weighted by molar-refractivity contribution is -0.0100. The van der Waals surface area contributed by atoms with Crippen LogP contribution in [0.4, 0.5) is 0 Å². The Bertz CT molecular complexity index is 399. The van der Waals surface area contributed by atoms with E-state index in [1.807, 2.05) is 19.1 Å². The molecule has 1 aliphatic heterocycles. The van der Waals surface area contributed by atoms with Gasteiger partial charge >= 0.3 is 0 Å². The summed E-state index contributed by atoms with van der Waals surface area (Å²) in [6, 6.07) is 3.97. The van der Waals surface area contributed by atoms with Gasteiger partial charge in [0.2, 0.25) is 0 Å². The van der Waals surface area contributed by atoms with Crippen LogP contribution >= 0.6 is 12.6 Å². The molecule has 1 aromatic carbocycles. The van der Waals surface area contributed by atoms with E-state index in [2.05, 4.69) is 12.6 Å². The third-order valence-corrected chi connectivity index (χ3v) is 3.41. The molecular weight excluding hydrogens is 224 g/mol. The van der Waals surface area contributed by atoms with Crippen molar-refractivity contribution in [2.75, 3.05) is 27.4 Å². The molecular formula is C12H16O3S. The van der Waals surface area contributed by atoms with E-state index in [1.54, 1.807) is 14.2 Å². The van der Waals surface area contributed by atoms with Crippen molar-refractivity contribution in [3.63, 3.8) is 0 Å². The minimum atomic E-state index is -0.177. The second-order valence-electron chi connectivity index (χ2n) is 4.05. The number of methoxy groups -OCH3 is 2. The largest absolute Gasteiger partial charge is 0.493 e. The van der Waals surface area contributed by atoms with Crippen LogP contribution in [0.2, 0.25) is 0 Å². The van der Waals surface area contributed by atoms with Crippen LogP contribution in [0.1, 0.15) is 11.1 Å². The topological polar surface area (TPSA) is 27.7 Å². The summed E-state index contributed by atoms with van der Waals surface area (Å²) in [5, 5.41) is 0. The molecule has 1 fully saturated rings. The van der Waals surface area contributed by atoms with E-state index in [-0.39, 0.29) is 4.75 Å². The van der Waals surface area contributed by atoms with Gasteiger partial charge in [-0.05, 0) is 30.2 Å². The lowest BCUT2D eigenvalue weighted by atomic mass is 9.92. The molecule has 4 heteroatoms. The van der Waals surface area contributed by atoms with Crippen LogP contribution in [0, 0.1) is 6.92 Å². The van der Waals surface area contributed by atoms with Gasteiger partial charge < -0.3 is 14.2 Å². The zero-order valence-corrected chi connectivity index (χ0v) is 10.6. The average Bonchev–Trinajstić information content (AvgIpc) is 2.25. The SMILES string of the molecule is COc1cc(C)c(C2(S)COC2)cc1OC. The first-order valence-electron chi connectivity index (χ1n) is 5.14. The number of hydrogen-bond donors (Lipinski definition) is 1. The summed E-state index contributed by atoms with van der Waals surface area (Å²) in [5.74, 6) is 1.49. The Kier molecular flexibility index (Phi) is 3.04. The van der Waals surface area contributed by atoms with Crippen LogP contribution in [0.3, 0.4) is 0 Å². The fraction of sp³-hybridized carbons (Fsp3) is 0.500. The number of aryl methyl sites for hydroxylation is 1. The third kappa shape index (κ3) is 1.76. The van der Waals surface area contributed by atoms with Gasteiger partial charge in [0.1, 0.15) is 0 Å². The lowest BCUT2D eigenvalue weighted by Crippen LogP contribution is -2.42. The highest BCUT2D eigenvalue weighted by Crippen LogP contribution is 2.42. The maximum absolute atomic E-state index is 5.30. The number of thiol groups is 1. The smallest absolute Gasteiger partial charge is 0.161 e. The highest BCUT2D eigenvalue weighted by atomic mass is 32.1. The summed E-state index contributed by atoms with van der Waals surface area (Å²) in [6.07, 6.45) is 0. The van der Waals surface area contributed by atoms with Crippen molar-refractivity contribution in [2.45, 2.75) is 11.7 Å². The van der Waals surface area contributed by atoms with Gasteiger partial charge in [-0.1, -0.05) is 0 Å². The van der Waals surface area contributed by atoms with E-state index in [1.165, 1.54) is 0 Å². The summed E-state index contributed by atoms with van der Waals surface area (Å²) in [4.78, 5) is 0. The van der Waals surface area contributed by atoms with Crippen LogP contribution < -0.4 is 9.47 Å². The molecule has 0 spiro atoms. The summed E-state index contributed by atoms with van der Waals surface area (Å²) >= 11 is 4.66. The highest BCUT2D eigenvalue weighted by Gasteiger charge is 2.38. The Morgan fingerprint density at radius 3 is 2.19 bits per heavy atom. The normalized spacial score (nSPS) is 17.8. The van der Waals surface area contributed by atoms with Gasteiger partial charge in [-0.25, -0.2) is 0 Å². The van der Waals surface area contributed by atoms with E-state index >= 15 is 0 Å². The van der Waals surface area contributed by atoms with Crippen molar-refractivity contribution in [3.8, 4) is 11.5 Å². The van der Waals surface area contributed by atoms with Gasteiger partial charge in [0.15, 0.2) is 11.5 Å². The minimum absolute atomic E-state index is 0.177. The van der Waals surface area contributed by atoms with Crippen molar-refractivity contribution in [2.24, 2.45) is 0 Å². The van der Waals surface area contributed by atoms with Crippen molar-refractivity contribution < 1.29 is 14.2 Å². The molecule has 1 aromatic rings. The molecule has 0 radical (unpaired) electrons. The Morgan fingerprint density at radius 1 is 1.19 bits per heavy atom. The first kappa shape index (κ1) is 11.6. The summed E-state index contributed by atoms with van der Waals surface area (Å²) < 4.78 is 15.6. The molecule has 0 atom stereocenters. The molecule has 88 valence electrons. The van der Waals surface area contributed by atoms with E-state index < -0.39 is 0 Å². The molecule has 0 N–H and O–H groups in total. The molecule has 1 heterocycles. The molecule has 3 nitrogen and oxygen atoms in total. The second-order valence-corrected chi connectivity index (χ2v) is 4.90. The van der Waals surface area contributed by atoms with Crippen molar-refractivity contribution in [1.82, 2.24) is 0 Å². The first-order valence-corrected chi connectivity index (χ1v) is 5.58. The number of rotatable bonds is 3. The zero-order valence-electron chi connectivity index (χ0n) is 9.74. The average molecular weight is 240 g/mol. The standard InChI is InChI=1S/C12H16O3S/c1-8-4-10(13-2)11(14-3)5-9(8)12(16)6-15-7-12/h4-5,16H,6-7H2,1-3H3. The van der Waals surface area contributed by atoms with Crippen molar-refractivity contribution >= 4 is 12.6 Å². The van der Waals surface area contributed by atoms with Crippen LogP contribution in [-0.2, 0) is 9.48 Å². The second kappa shape index (κ2) is 4.18. The third-order valence-electron chi connectivity index (χ3n) is 2.91. The monoisotopic (exact) mass is 240 g/mol. The molecule has 0 amide bonds. The molecule has 2 rings (SSSR count). The summed E-state index contributed by atoms with van der Waals surface area (Å²) in [7, 11) is 3.28. The molecule has 0 unspecified atom stereocenters. The molecule has 0 aliphatic carbocycles. The van der Waals surface area contributed by atoms with Crippen molar-refractivity contribution in [1.29, 1.82) is 0 Å². The van der Waals surface area contributed by atoms with Crippen molar-refractivity contribution in [3.05, 3.63) is 23.3 Å². The van der Waals surface area contributed by atoms with Gasteiger partial charge in [0, 0.05) is 0 Å². The van der Waals surface area contributed by atoms with Gasteiger partial charge in [-0.15, -0.1) is 0 Å². The number of benzene rings is 1. The quantitative estimate of drug-likeness (QED) is 0.821. The summed E-state index contributed by atoms with van der Waals surface area (Å²) in [6.45, 7) is 3.34. The zero-order chi connectivity index (χ0) is 11.8. The number of hydrogen-bond acceptors (Lipinski definition) is 4. The minimum Gasteiger partial charge on any atom is -0.493 e. The van der Waals surface area contributed by atoms with Crippen LogP contribution in [0.15, 0.2) is 12.1 Å². The molecule has 1 aliphatic rings. The molecule has 16 heavy (non-hydrogen) atoms. The van der Waals surface area contributed by atoms with Gasteiger partial charge in [0.05, 0.1) is 32.2 Å². The molecule has 0 aromatic heterocycles. The first-order chi connectivity index (χ1) is 7.60. The lowest BCUT2D eigenvalue weighted by Gasteiger charge is -2.38.